The quantitative estimate of drug-likeness (QED) is 0.818. The van der Waals surface area contributed by atoms with Crippen molar-refractivity contribution in [1.82, 2.24) is 4.90 Å². The molecule has 1 atom stereocenters. The number of hydrogen-bond donors (Lipinski definition) is 1. The number of amides is 1. The van der Waals surface area contributed by atoms with Crippen LogP contribution in [0.2, 0.25) is 0 Å². The van der Waals surface area contributed by atoms with Gasteiger partial charge >= 0.3 is 5.97 Å². The van der Waals surface area contributed by atoms with Gasteiger partial charge in [0.2, 0.25) is 5.91 Å². The van der Waals surface area contributed by atoms with Crippen LogP contribution in [-0.4, -0.2) is 49.1 Å². The zero-order valence-electron chi connectivity index (χ0n) is 11.7. The molecule has 2 rings (SSSR count). The zero-order chi connectivity index (χ0) is 16.3. The molecule has 0 radical (unpaired) electrons. The van der Waals surface area contributed by atoms with Gasteiger partial charge in [-0.25, -0.2) is 8.42 Å². The van der Waals surface area contributed by atoms with Crippen LogP contribution in [-0.2, 0) is 25.2 Å². The van der Waals surface area contributed by atoms with Crippen LogP contribution < -0.4 is 0 Å². The Hall–Kier alpha value is -1.41. The minimum absolute atomic E-state index is 0.0853. The molecule has 0 bridgehead atoms. The van der Waals surface area contributed by atoms with Crippen LogP contribution in [0.5, 0.6) is 0 Å². The molecule has 1 aromatic carbocycles. The summed E-state index contributed by atoms with van der Waals surface area (Å²) in [5, 5.41) is 8.90. The van der Waals surface area contributed by atoms with Crippen LogP contribution in [0.15, 0.2) is 28.7 Å². The van der Waals surface area contributed by atoms with E-state index >= 15 is 0 Å². The van der Waals surface area contributed by atoms with Gasteiger partial charge in [-0.3, -0.25) is 9.59 Å². The summed E-state index contributed by atoms with van der Waals surface area (Å²) in [4.78, 5) is 24.2. The van der Waals surface area contributed by atoms with E-state index < -0.39 is 33.4 Å². The van der Waals surface area contributed by atoms with E-state index in [0.29, 0.717) is 18.5 Å². The summed E-state index contributed by atoms with van der Waals surface area (Å²) >= 11 is 3.27. The zero-order valence-corrected chi connectivity index (χ0v) is 14.1. The summed E-state index contributed by atoms with van der Waals surface area (Å²) in [6.45, 7) is 0.381. The predicted octanol–water partition coefficient (Wildman–Crippen LogP) is 1.30. The fraction of sp³-hybridized carbons (Fsp3) is 0.429. The van der Waals surface area contributed by atoms with E-state index in [9.17, 15) is 18.0 Å². The molecule has 0 spiro atoms. The Morgan fingerprint density at radius 1 is 1.27 bits per heavy atom. The lowest BCUT2D eigenvalue weighted by Gasteiger charge is -2.15. The van der Waals surface area contributed by atoms with Crippen LogP contribution in [0.3, 0.4) is 0 Å². The van der Waals surface area contributed by atoms with Crippen LogP contribution in [0, 0.1) is 5.92 Å². The first-order valence-corrected chi connectivity index (χ1v) is 9.34. The van der Waals surface area contributed by atoms with Crippen molar-refractivity contribution in [2.75, 3.05) is 18.8 Å². The number of likely N-dealkylation sites (tertiary alicyclic amines) is 1. The highest BCUT2D eigenvalue weighted by Crippen LogP contribution is 2.18. The summed E-state index contributed by atoms with van der Waals surface area (Å²) in [5.74, 6) is -2.87. The number of halogens is 1. The van der Waals surface area contributed by atoms with Crippen molar-refractivity contribution >= 4 is 37.6 Å². The summed E-state index contributed by atoms with van der Waals surface area (Å²) in [5.41, 5.74) is 0.612. The van der Waals surface area contributed by atoms with E-state index in [1.807, 2.05) is 0 Å². The number of carbonyl (C=O) groups is 2. The van der Waals surface area contributed by atoms with Gasteiger partial charge in [-0.15, -0.1) is 0 Å². The molecular weight excluding hydrogens is 374 g/mol. The van der Waals surface area contributed by atoms with Crippen molar-refractivity contribution < 1.29 is 23.1 Å². The third-order valence-electron chi connectivity index (χ3n) is 3.53. The van der Waals surface area contributed by atoms with Crippen LogP contribution in [0.4, 0.5) is 0 Å². The van der Waals surface area contributed by atoms with E-state index in [1.165, 1.54) is 4.90 Å². The van der Waals surface area contributed by atoms with Gasteiger partial charge in [0.15, 0.2) is 9.84 Å². The topological polar surface area (TPSA) is 91.8 Å². The SMILES string of the molecule is O=C(O)[C@@H]1CCN(C(=O)CS(=O)(=O)Cc2ccc(Br)cc2)C1. The Kier molecular flexibility index (Phi) is 5.23. The number of rotatable bonds is 5. The normalized spacial score (nSPS) is 18.4. The lowest BCUT2D eigenvalue weighted by molar-refractivity contribution is -0.141. The van der Waals surface area contributed by atoms with E-state index in [4.69, 9.17) is 5.11 Å². The molecule has 1 saturated heterocycles. The second kappa shape index (κ2) is 6.78. The molecule has 120 valence electrons. The largest absolute Gasteiger partial charge is 0.481 e. The minimum atomic E-state index is -3.58. The molecule has 8 heteroatoms. The molecule has 0 unspecified atom stereocenters. The lowest BCUT2D eigenvalue weighted by Crippen LogP contribution is -2.35. The maximum absolute atomic E-state index is 12.1. The summed E-state index contributed by atoms with van der Waals surface area (Å²) in [7, 11) is -3.58. The number of aliphatic carboxylic acids is 1. The van der Waals surface area contributed by atoms with Crippen LogP contribution in [0.25, 0.3) is 0 Å². The molecule has 22 heavy (non-hydrogen) atoms. The molecule has 1 N–H and O–H groups in total. The maximum Gasteiger partial charge on any atom is 0.308 e. The van der Waals surface area contributed by atoms with Gasteiger partial charge in [0.1, 0.15) is 5.75 Å². The Balaban J connectivity index is 1.95. The summed E-state index contributed by atoms with van der Waals surface area (Å²) in [6, 6.07) is 6.85. The Labute approximate surface area is 137 Å². The number of carboxylic acid groups (broad SMARTS) is 1. The second-order valence-corrected chi connectivity index (χ2v) is 8.30. The van der Waals surface area contributed by atoms with Crippen molar-refractivity contribution in [3.8, 4) is 0 Å². The van der Waals surface area contributed by atoms with Crippen molar-refractivity contribution in [3.63, 3.8) is 0 Å². The van der Waals surface area contributed by atoms with Gasteiger partial charge < -0.3 is 10.0 Å². The third-order valence-corrected chi connectivity index (χ3v) is 5.52. The van der Waals surface area contributed by atoms with Crippen LogP contribution in [0.1, 0.15) is 12.0 Å². The lowest BCUT2D eigenvalue weighted by atomic mass is 10.1. The van der Waals surface area contributed by atoms with E-state index in [2.05, 4.69) is 15.9 Å². The summed E-state index contributed by atoms with van der Waals surface area (Å²) in [6.07, 6.45) is 0.369. The number of carbonyl (C=O) groups excluding carboxylic acids is 1. The van der Waals surface area contributed by atoms with Gasteiger partial charge in [-0.1, -0.05) is 28.1 Å². The predicted molar refractivity (Wildman–Crippen MR) is 84.0 cm³/mol. The van der Waals surface area contributed by atoms with Crippen molar-refractivity contribution in [2.24, 2.45) is 5.92 Å². The third kappa shape index (κ3) is 4.54. The van der Waals surface area contributed by atoms with Gasteiger partial charge in [0.25, 0.3) is 0 Å². The first-order chi connectivity index (χ1) is 10.3. The molecule has 1 fully saturated rings. The average molecular weight is 390 g/mol. The number of carboxylic acids is 1. The molecule has 1 aliphatic rings. The van der Waals surface area contributed by atoms with Gasteiger partial charge in [-0.05, 0) is 24.1 Å². The van der Waals surface area contributed by atoms with Crippen molar-refractivity contribution in [3.05, 3.63) is 34.3 Å². The Morgan fingerprint density at radius 3 is 2.45 bits per heavy atom. The standard InChI is InChI=1S/C14H16BrNO5S/c15-12-3-1-10(2-4-12)8-22(20,21)9-13(17)16-6-5-11(7-16)14(18)19/h1-4,11H,5-9H2,(H,18,19)/t11-/m1/s1. The monoisotopic (exact) mass is 389 g/mol. The fourth-order valence-electron chi connectivity index (χ4n) is 2.35. The number of sulfone groups is 1. The Morgan fingerprint density at radius 2 is 1.91 bits per heavy atom. The highest BCUT2D eigenvalue weighted by atomic mass is 79.9. The molecule has 1 aromatic rings. The molecule has 6 nitrogen and oxygen atoms in total. The van der Waals surface area contributed by atoms with Crippen molar-refractivity contribution in [1.29, 1.82) is 0 Å². The fourth-order valence-corrected chi connectivity index (χ4v) is 3.98. The molecule has 1 aliphatic heterocycles. The summed E-state index contributed by atoms with van der Waals surface area (Å²) < 4.78 is 25.0. The minimum Gasteiger partial charge on any atom is -0.481 e. The smallest absolute Gasteiger partial charge is 0.308 e. The number of hydrogen-bond acceptors (Lipinski definition) is 4. The molecule has 1 heterocycles. The van der Waals surface area contributed by atoms with Gasteiger partial charge in [0.05, 0.1) is 11.7 Å². The van der Waals surface area contributed by atoms with Gasteiger partial charge in [-0.2, -0.15) is 0 Å². The second-order valence-electron chi connectivity index (χ2n) is 5.32. The first kappa shape index (κ1) is 17.0. The Bertz CT molecular complexity index is 671. The molecule has 0 saturated carbocycles. The van der Waals surface area contributed by atoms with E-state index in [1.54, 1.807) is 24.3 Å². The van der Waals surface area contributed by atoms with Crippen molar-refractivity contribution in [2.45, 2.75) is 12.2 Å². The first-order valence-electron chi connectivity index (χ1n) is 6.72. The van der Waals surface area contributed by atoms with Crippen LogP contribution >= 0.6 is 15.9 Å². The molecule has 0 aliphatic carbocycles. The number of nitrogens with zero attached hydrogens (tertiary/aromatic N) is 1. The number of benzene rings is 1. The maximum atomic E-state index is 12.1. The average Bonchev–Trinajstić information content (AvgIpc) is 2.90. The van der Waals surface area contributed by atoms with Gasteiger partial charge in [0, 0.05) is 17.6 Å². The van der Waals surface area contributed by atoms with E-state index in [0.717, 1.165) is 4.47 Å². The highest BCUT2D eigenvalue weighted by molar-refractivity contribution is 9.10. The molecule has 1 amide bonds. The van der Waals surface area contributed by atoms with E-state index in [-0.39, 0.29) is 12.3 Å². The molecule has 0 aromatic heterocycles. The highest BCUT2D eigenvalue weighted by Gasteiger charge is 2.32. The molecular formula is C14H16BrNO5S.